The van der Waals surface area contributed by atoms with Crippen molar-refractivity contribution in [2.24, 2.45) is 0 Å². The summed E-state index contributed by atoms with van der Waals surface area (Å²) in [5.41, 5.74) is 7.68. The first-order valence-corrected chi connectivity index (χ1v) is 20.0. The molecule has 0 N–H and O–H groups in total. The van der Waals surface area contributed by atoms with Gasteiger partial charge in [-0.3, -0.25) is 9.47 Å². The van der Waals surface area contributed by atoms with Gasteiger partial charge in [-0.05, 0) is 50.7 Å². The molecule has 2 unspecified atom stereocenters. The van der Waals surface area contributed by atoms with Crippen molar-refractivity contribution >= 4 is 76.9 Å². The lowest BCUT2D eigenvalue weighted by Gasteiger charge is -2.25. The van der Waals surface area contributed by atoms with Crippen LogP contribution in [0.4, 0.5) is 11.7 Å². The van der Waals surface area contributed by atoms with E-state index in [-0.39, 0.29) is 12.0 Å². The van der Waals surface area contributed by atoms with Crippen LogP contribution < -0.4 is 4.90 Å². The van der Waals surface area contributed by atoms with E-state index in [9.17, 15) is 0 Å². The van der Waals surface area contributed by atoms with Gasteiger partial charge in [-0.2, -0.15) is 15.0 Å². The minimum Gasteiger partial charge on any atom is -0.423 e. The van der Waals surface area contributed by atoms with Gasteiger partial charge in [0.2, 0.25) is 5.95 Å². The second-order valence-corrected chi connectivity index (χ2v) is 15.4. The van der Waals surface area contributed by atoms with E-state index in [1.807, 2.05) is 6.07 Å². The first kappa shape index (κ1) is 32.2. The summed E-state index contributed by atoms with van der Waals surface area (Å²) in [6.07, 6.45) is 8.82. The highest BCUT2D eigenvalue weighted by Gasteiger charge is 2.42. The average molecular weight is 757 g/mol. The number of hydrogen-bond acceptors (Lipinski definition) is 6. The van der Waals surface area contributed by atoms with E-state index in [0.29, 0.717) is 23.6 Å². The van der Waals surface area contributed by atoms with Crippen molar-refractivity contribution in [3.63, 3.8) is 0 Å². The van der Waals surface area contributed by atoms with Crippen molar-refractivity contribution in [3.8, 4) is 28.7 Å². The lowest BCUT2D eigenvalue weighted by atomic mass is 9.91. The molecule has 0 fully saturated rings. The zero-order valence-electron chi connectivity index (χ0n) is 31.6. The maximum Gasteiger partial charge on any atom is 0.303 e. The van der Waals surface area contributed by atoms with Gasteiger partial charge >= 0.3 is 6.01 Å². The van der Waals surface area contributed by atoms with Crippen LogP contribution in [0.1, 0.15) is 11.5 Å². The number of aromatic nitrogens is 5. The summed E-state index contributed by atoms with van der Waals surface area (Å²) in [5.74, 6) is 1.82. The number of oxazole rings is 1. The van der Waals surface area contributed by atoms with Gasteiger partial charge in [0.05, 0.1) is 22.8 Å². The molecule has 7 nitrogen and oxygen atoms in total. The van der Waals surface area contributed by atoms with Crippen LogP contribution in [0.5, 0.6) is 0 Å². The van der Waals surface area contributed by atoms with Crippen molar-refractivity contribution in [3.05, 3.63) is 188 Å². The number of allylic oxidation sites excluding steroid dienone is 2. The van der Waals surface area contributed by atoms with Gasteiger partial charge < -0.3 is 4.42 Å². The van der Waals surface area contributed by atoms with E-state index in [4.69, 9.17) is 24.4 Å². The maximum atomic E-state index is 6.77. The SMILES string of the molecule is C1=CC2c3ccc4c5ccccc5n(-c5nc(-c6ccc7ccccc7c6)nc(-c6cccc7ccccc67)n5)c4c3N(c3nc4c(ccc5ccccc54)o3)C2C=C1. The highest BCUT2D eigenvalue weighted by molar-refractivity contribution is 6.15. The number of para-hydroxylation sites is 1. The Balaban J connectivity index is 1.13. The molecule has 0 radical (unpaired) electrons. The van der Waals surface area contributed by atoms with Crippen LogP contribution in [0.15, 0.2) is 186 Å². The van der Waals surface area contributed by atoms with E-state index >= 15 is 0 Å². The Bertz CT molecular complexity index is 3610. The smallest absolute Gasteiger partial charge is 0.303 e. The first-order chi connectivity index (χ1) is 29.2. The monoisotopic (exact) mass is 756 g/mol. The maximum absolute atomic E-state index is 6.77. The largest absolute Gasteiger partial charge is 0.423 e. The molecule has 1 aliphatic carbocycles. The minimum absolute atomic E-state index is 0.0517. The molecule has 7 heteroatoms. The minimum atomic E-state index is -0.0517. The molecule has 1 aliphatic heterocycles. The van der Waals surface area contributed by atoms with Crippen molar-refractivity contribution in [2.45, 2.75) is 12.0 Å². The van der Waals surface area contributed by atoms with Gasteiger partial charge in [-0.15, -0.1) is 0 Å². The summed E-state index contributed by atoms with van der Waals surface area (Å²) < 4.78 is 9.01. The summed E-state index contributed by atoms with van der Waals surface area (Å²) >= 11 is 0. The molecule has 0 bridgehead atoms. The van der Waals surface area contributed by atoms with E-state index in [0.717, 1.165) is 82.0 Å². The Labute approximate surface area is 337 Å². The standard InChI is InChI=1S/C52H32N6O/c1-2-15-34-30-35(25-24-31(34)12-1)49-54-50(42-21-11-16-32-13-3-5-17-36(32)42)56-51(55-49)57-43-22-9-7-19-38(43)40-27-28-41-39-20-8-10-23-44(39)58(48(41)47(40)57)52-53-46-37-18-6-4-14-33(37)26-29-45(46)59-52/h1-30,39,44H. The van der Waals surface area contributed by atoms with Gasteiger partial charge in [0.15, 0.2) is 17.2 Å². The quantitative estimate of drug-likeness (QED) is 0.178. The zero-order valence-corrected chi connectivity index (χ0v) is 31.6. The number of benzene rings is 8. The van der Waals surface area contributed by atoms with Crippen molar-refractivity contribution in [1.29, 1.82) is 0 Å². The van der Waals surface area contributed by atoms with E-state index in [2.05, 4.69) is 185 Å². The van der Waals surface area contributed by atoms with Crippen LogP contribution >= 0.6 is 0 Å². The molecule has 4 heterocycles. The fraction of sp³-hybridized carbons (Fsp3) is 0.0385. The summed E-state index contributed by atoms with van der Waals surface area (Å²) in [4.78, 5) is 23.7. The number of fused-ring (bicyclic) bond motifs is 12. The molecule has 11 aromatic rings. The third kappa shape index (κ3) is 4.76. The second kappa shape index (κ2) is 12.3. The highest BCUT2D eigenvalue weighted by Crippen LogP contribution is 2.53. The molecule has 2 aliphatic rings. The molecule has 13 rings (SSSR count). The van der Waals surface area contributed by atoms with E-state index in [1.165, 1.54) is 5.56 Å². The van der Waals surface area contributed by atoms with Gasteiger partial charge in [0.25, 0.3) is 0 Å². The molecule has 276 valence electrons. The van der Waals surface area contributed by atoms with Crippen LogP contribution in [0.25, 0.3) is 93.9 Å². The van der Waals surface area contributed by atoms with Crippen LogP contribution in [0.2, 0.25) is 0 Å². The van der Waals surface area contributed by atoms with Gasteiger partial charge in [0.1, 0.15) is 5.52 Å². The molecule has 2 atom stereocenters. The number of hydrogen-bond donors (Lipinski definition) is 0. The molecule has 0 saturated heterocycles. The Morgan fingerprint density at radius 2 is 1.22 bits per heavy atom. The summed E-state index contributed by atoms with van der Waals surface area (Å²) in [6, 6.07) is 55.6. The molecular weight excluding hydrogens is 725 g/mol. The molecule has 8 aromatic carbocycles. The van der Waals surface area contributed by atoms with Gasteiger partial charge in [-0.25, -0.2) is 4.98 Å². The van der Waals surface area contributed by atoms with Crippen LogP contribution in [-0.2, 0) is 0 Å². The Morgan fingerprint density at radius 3 is 2.12 bits per heavy atom. The lowest BCUT2D eigenvalue weighted by molar-refractivity contribution is 0.576. The molecular formula is C52H32N6O. The zero-order chi connectivity index (χ0) is 38.6. The molecule has 0 amide bonds. The Hall–Kier alpha value is -7.90. The Morgan fingerprint density at radius 1 is 0.508 bits per heavy atom. The average Bonchev–Trinajstić information content (AvgIpc) is 3.99. The predicted molar refractivity (Wildman–Crippen MR) is 239 cm³/mol. The normalized spacial score (nSPS) is 16.0. The third-order valence-electron chi connectivity index (χ3n) is 12.2. The van der Waals surface area contributed by atoms with Crippen molar-refractivity contribution < 1.29 is 4.42 Å². The molecule has 59 heavy (non-hydrogen) atoms. The highest BCUT2D eigenvalue weighted by atomic mass is 16.4. The van der Waals surface area contributed by atoms with Gasteiger partial charge in [-0.1, -0.05) is 164 Å². The van der Waals surface area contributed by atoms with Crippen LogP contribution in [0.3, 0.4) is 0 Å². The summed E-state index contributed by atoms with van der Waals surface area (Å²) in [5, 5.41) is 8.88. The van der Waals surface area contributed by atoms with E-state index < -0.39 is 0 Å². The molecule has 3 aromatic heterocycles. The lowest BCUT2D eigenvalue weighted by Crippen LogP contribution is -2.29. The first-order valence-electron chi connectivity index (χ1n) is 20.0. The van der Waals surface area contributed by atoms with Crippen LogP contribution in [0, 0.1) is 0 Å². The molecule has 0 spiro atoms. The Kier molecular flexibility index (Phi) is 6.71. The number of rotatable bonds is 4. The fourth-order valence-corrected chi connectivity index (χ4v) is 9.50. The van der Waals surface area contributed by atoms with Crippen molar-refractivity contribution in [2.75, 3.05) is 4.90 Å². The van der Waals surface area contributed by atoms with E-state index in [1.54, 1.807) is 0 Å². The number of anilines is 2. The summed E-state index contributed by atoms with van der Waals surface area (Å²) in [6.45, 7) is 0. The predicted octanol–water partition coefficient (Wildman–Crippen LogP) is 12.6. The summed E-state index contributed by atoms with van der Waals surface area (Å²) in [7, 11) is 0. The van der Waals surface area contributed by atoms with Crippen LogP contribution in [-0.4, -0.2) is 30.5 Å². The van der Waals surface area contributed by atoms with Gasteiger partial charge in [0, 0.05) is 33.2 Å². The fourth-order valence-electron chi connectivity index (χ4n) is 9.50. The number of nitrogens with zero attached hydrogens (tertiary/aromatic N) is 6. The topological polar surface area (TPSA) is 72.9 Å². The third-order valence-corrected chi connectivity index (χ3v) is 12.2. The molecule has 0 saturated carbocycles. The van der Waals surface area contributed by atoms with Crippen molar-refractivity contribution in [1.82, 2.24) is 24.5 Å². The second-order valence-electron chi connectivity index (χ2n) is 15.4.